The first-order valence-corrected chi connectivity index (χ1v) is 6.90. The van der Waals surface area contributed by atoms with Crippen molar-refractivity contribution in [1.82, 2.24) is 5.32 Å². The minimum Gasteiger partial charge on any atom is -0.460 e. The molecule has 0 unspecified atom stereocenters. The molecule has 3 rings (SSSR count). The standard InChI is InChI=1S/C14H12BrF2NO/c15-10-4-5-11(16)13(14(10)17)12-6-3-9(19-12)7-18-8-1-2-8/h3-6,8,18H,1-2,7H2. The van der Waals surface area contributed by atoms with Gasteiger partial charge in [-0.25, -0.2) is 8.78 Å². The molecule has 0 atom stereocenters. The maximum atomic E-state index is 13.9. The lowest BCUT2D eigenvalue weighted by Gasteiger charge is -2.04. The van der Waals surface area contributed by atoms with E-state index >= 15 is 0 Å². The second kappa shape index (κ2) is 5.06. The van der Waals surface area contributed by atoms with Crippen LogP contribution in [0.15, 0.2) is 33.2 Å². The van der Waals surface area contributed by atoms with Crippen LogP contribution in [0.2, 0.25) is 0 Å². The molecular weight excluding hydrogens is 316 g/mol. The highest BCUT2D eigenvalue weighted by Crippen LogP contribution is 2.32. The van der Waals surface area contributed by atoms with Crippen molar-refractivity contribution in [3.05, 3.63) is 46.1 Å². The van der Waals surface area contributed by atoms with Gasteiger partial charge in [0.05, 0.1) is 16.6 Å². The summed E-state index contributed by atoms with van der Waals surface area (Å²) in [6, 6.07) is 6.45. The highest BCUT2D eigenvalue weighted by molar-refractivity contribution is 9.10. The van der Waals surface area contributed by atoms with Crippen molar-refractivity contribution in [2.24, 2.45) is 0 Å². The van der Waals surface area contributed by atoms with Crippen LogP contribution in [0.3, 0.4) is 0 Å². The molecule has 0 aliphatic heterocycles. The maximum absolute atomic E-state index is 13.9. The predicted octanol–water partition coefficient (Wildman–Crippen LogP) is 4.24. The molecule has 1 N–H and O–H groups in total. The lowest BCUT2D eigenvalue weighted by Crippen LogP contribution is -2.14. The molecular formula is C14H12BrF2NO. The molecule has 1 aromatic carbocycles. The minimum absolute atomic E-state index is 0.132. The van der Waals surface area contributed by atoms with Crippen LogP contribution in [0.5, 0.6) is 0 Å². The van der Waals surface area contributed by atoms with Gasteiger partial charge in [0.2, 0.25) is 0 Å². The number of hydrogen-bond donors (Lipinski definition) is 1. The van der Waals surface area contributed by atoms with Crippen LogP contribution in [-0.4, -0.2) is 6.04 Å². The van der Waals surface area contributed by atoms with E-state index in [1.807, 2.05) is 0 Å². The highest BCUT2D eigenvalue weighted by atomic mass is 79.9. The summed E-state index contributed by atoms with van der Waals surface area (Å²) in [7, 11) is 0. The van der Waals surface area contributed by atoms with Gasteiger partial charge in [0.25, 0.3) is 0 Å². The molecule has 1 saturated carbocycles. The molecule has 1 aliphatic carbocycles. The van der Waals surface area contributed by atoms with Crippen LogP contribution in [0.25, 0.3) is 11.3 Å². The molecule has 1 heterocycles. The van der Waals surface area contributed by atoms with E-state index < -0.39 is 11.6 Å². The summed E-state index contributed by atoms with van der Waals surface area (Å²) < 4.78 is 33.4. The van der Waals surface area contributed by atoms with E-state index in [9.17, 15) is 8.78 Å². The number of furan rings is 1. The van der Waals surface area contributed by atoms with Crippen molar-refractivity contribution in [2.45, 2.75) is 25.4 Å². The Kier molecular flexibility index (Phi) is 3.41. The van der Waals surface area contributed by atoms with Gasteiger partial charge in [0.15, 0.2) is 5.82 Å². The Morgan fingerprint density at radius 2 is 2.00 bits per heavy atom. The van der Waals surface area contributed by atoms with E-state index in [2.05, 4.69) is 21.2 Å². The lowest BCUT2D eigenvalue weighted by atomic mass is 10.1. The molecule has 1 aromatic heterocycles. The zero-order valence-electron chi connectivity index (χ0n) is 10.1. The molecule has 0 spiro atoms. The molecule has 0 radical (unpaired) electrons. The van der Waals surface area contributed by atoms with Crippen LogP contribution in [0.1, 0.15) is 18.6 Å². The van der Waals surface area contributed by atoms with Gasteiger partial charge in [0.1, 0.15) is 17.3 Å². The molecule has 5 heteroatoms. The largest absolute Gasteiger partial charge is 0.460 e. The topological polar surface area (TPSA) is 25.2 Å². The van der Waals surface area contributed by atoms with Crippen molar-refractivity contribution < 1.29 is 13.2 Å². The van der Waals surface area contributed by atoms with Crippen molar-refractivity contribution in [3.8, 4) is 11.3 Å². The Morgan fingerprint density at radius 3 is 2.74 bits per heavy atom. The van der Waals surface area contributed by atoms with Crippen LogP contribution in [0, 0.1) is 11.6 Å². The summed E-state index contributed by atoms with van der Waals surface area (Å²) in [4.78, 5) is 0. The van der Waals surface area contributed by atoms with Crippen molar-refractivity contribution in [2.75, 3.05) is 0 Å². The van der Waals surface area contributed by atoms with Gasteiger partial charge < -0.3 is 9.73 Å². The first-order chi connectivity index (χ1) is 9.15. The third-order valence-electron chi connectivity index (χ3n) is 3.09. The van der Waals surface area contributed by atoms with E-state index in [1.54, 1.807) is 12.1 Å². The number of nitrogens with one attached hydrogen (secondary N) is 1. The van der Waals surface area contributed by atoms with E-state index in [-0.39, 0.29) is 15.8 Å². The maximum Gasteiger partial charge on any atom is 0.151 e. The Balaban J connectivity index is 1.87. The molecule has 100 valence electrons. The number of benzene rings is 1. The van der Waals surface area contributed by atoms with Crippen molar-refractivity contribution in [3.63, 3.8) is 0 Å². The van der Waals surface area contributed by atoms with Gasteiger partial charge in [-0.1, -0.05) is 0 Å². The summed E-state index contributed by atoms with van der Waals surface area (Å²) in [6.45, 7) is 0.585. The molecule has 0 amide bonds. The van der Waals surface area contributed by atoms with Crippen LogP contribution in [-0.2, 0) is 6.54 Å². The van der Waals surface area contributed by atoms with Crippen LogP contribution in [0.4, 0.5) is 8.78 Å². The average molecular weight is 328 g/mol. The first kappa shape index (κ1) is 12.8. The fourth-order valence-corrected chi connectivity index (χ4v) is 2.22. The van der Waals surface area contributed by atoms with Crippen molar-refractivity contribution >= 4 is 15.9 Å². The van der Waals surface area contributed by atoms with E-state index in [0.29, 0.717) is 18.3 Å². The molecule has 1 aliphatic rings. The zero-order chi connectivity index (χ0) is 13.4. The van der Waals surface area contributed by atoms with Crippen LogP contribution >= 0.6 is 15.9 Å². The molecule has 1 fully saturated rings. The molecule has 2 nitrogen and oxygen atoms in total. The predicted molar refractivity (Wildman–Crippen MR) is 71.6 cm³/mol. The average Bonchev–Trinajstić information content (AvgIpc) is 3.11. The summed E-state index contributed by atoms with van der Waals surface area (Å²) >= 11 is 3.05. The summed E-state index contributed by atoms with van der Waals surface area (Å²) in [5.41, 5.74) is -0.132. The van der Waals surface area contributed by atoms with E-state index in [0.717, 1.165) is 0 Å². The molecule has 0 saturated heterocycles. The monoisotopic (exact) mass is 327 g/mol. The molecule has 19 heavy (non-hydrogen) atoms. The van der Waals surface area contributed by atoms with Gasteiger partial charge in [-0.15, -0.1) is 0 Å². The Bertz CT molecular complexity index is 607. The Morgan fingerprint density at radius 1 is 1.21 bits per heavy atom. The normalized spacial score (nSPS) is 14.9. The summed E-state index contributed by atoms with van der Waals surface area (Å²) in [6.07, 6.45) is 2.37. The van der Waals surface area contributed by atoms with E-state index in [4.69, 9.17) is 4.42 Å². The summed E-state index contributed by atoms with van der Waals surface area (Å²) in [5, 5.41) is 3.29. The lowest BCUT2D eigenvalue weighted by molar-refractivity contribution is 0.484. The smallest absolute Gasteiger partial charge is 0.151 e. The van der Waals surface area contributed by atoms with E-state index in [1.165, 1.54) is 25.0 Å². The Hall–Kier alpha value is -1.20. The fraction of sp³-hybridized carbons (Fsp3) is 0.286. The summed E-state index contributed by atoms with van der Waals surface area (Å²) in [5.74, 6) is -0.377. The third-order valence-corrected chi connectivity index (χ3v) is 3.71. The highest BCUT2D eigenvalue weighted by Gasteiger charge is 2.21. The molecule has 0 bridgehead atoms. The first-order valence-electron chi connectivity index (χ1n) is 6.11. The van der Waals surface area contributed by atoms with Gasteiger partial charge in [-0.05, 0) is 53.0 Å². The quantitative estimate of drug-likeness (QED) is 0.850. The fourth-order valence-electron chi connectivity index (χ4n) is 1.89. The number of hydrogen-bond acceptors (Lipinski definition) is 2. The van der Waals surface area contributed by atoms with Crippen molar-refractivity contribution in [1.29, 1.82) is 0 Å². The van der Waals surface area contributed by atoms with Gasteiger partial charge in [-0.2, -0.15) is 0 Å². The van der Waals surface area contributed by atoms with Gasteiger partial charge >= 0.3 is 0 Å². The zero-order valence-corrected chi connectivity index (χ0v) is 11.6. The third kappa shape index (κ3) is 2.72. The van der Waals surface area contributed by atoms with Gasteiger partial charge in [0, 0.05) is 6.04 Å². The number of halogens is 3. The SMILES string of the molecule is Fc1ccc(Br)c(F)c1-c1ccc(CNC2CC2)o1. The second-order valence-corrected chi connectivity index (χ2v) is 5.49. The minimum atomic E-state index is -0.643. The van der Waals surface area contributed by atoms with Gasteiger partial charge in [-0.3, -0.25) is 0 Å². The molecule has 2 aromatic rings. The van der Waals surface area contributed by atoms with Crippen LogP contribution < -0.4 is 5.32 Å². The Labute approximate surface area is 117 Å². The second-order valence-electron chi connectivity index (χ2n) is 4.64. The number of rotatable bonds is 4.